The van der Waals surface area contributed by atoms with E-state index in [4.69, 9.17) is 29.4 Å². The van der Waals surface area contributed by atoms with Crippen LogP contribution in [0.15, 0.2) is 10.4 Å². The molecule has 15 heavy (non-hydrogen) atoms. The zero-order valence-electron chi connectivity index (χ0n) is 7.25. The molecule has 0 rings (SSSR count). The van der Waals surface area contributed by atoms with E-state index < -0.39 is 33.2 Å². The SMILES string of the molecule is CC(=C(P(=O)(O)O)P(=O)(O)O)P(=O)(O)O. The Bertz CT molecular complexity index is 392. The highest BCUT2D eigenvalue weighted by molar-refractivity contribution is 7.78. The fraction of sp³-hybridized carbons (Fsp3) is 0.333. The molecule has 9 nitrogen and oxygen atoms in total. The molecular formula is C3H9O9P3. The van der Waals surface area contributed by atoms with Gasteiger partial charge in [-0.25, -0.2) is 0 Å². The van der Waals surface area contributed by atoms with Crippen LogP contribution in [0.2, 0.25) is 0 Å². The van der Waals surface area contributed by atoms with Gasteiger partial charge in [-0.05, 0) is 6.92 Å². The Hall–Kier alpha value is 0.190. The van der Waals surface area contributed by atoms with Crippen molar-refractivity contribution in [3.05, 3.63) is 10.4 Å². The van der Waals surface area contributed by atoms with E-state index in [9.17, 15) is 13.7 Å². The van der Waals surface area contributed by atoms with Gasteiger partial charge in [0.05, 0.1) is 5.31 Å². The van der Waals surface area contributed by atoms with Crippen LogP contribution in [-0.4, -0.2) is 29.4 Å². The molecule has 0 aromatic carbocycles. The summed E-state index contributed by atoms with van der Waals surface area (Å²) in [5, 5.41) is -3.15. The van der Waals surface area contributed by atoms with Gasteiger partial charge in [-0.15, -0.1) is 0 Å². The fourth-order valence-electron chi connectivity index (χ4n) is 0.722. The van der Waals surface area contributed by atoms with Crippen LogP contribution in [0.1, 0.15) is 6.92 Å². The summed E-state index contributed by atoms with van der Waals surface area (Å²) in [5.74, 6) is 0. The van der Waals surface area contributed by atoms with Crippen LogP contribution in [0.5, 0.6) is 0 Å². The van der Waals surface area contributed by atoms with E-state index >= 15 is 0 Å². The molecule has 0 heterocycles. The third-order valence-electron chi connectivity index (χ3n) is 1.31. The Morgan fingerprint density at radius 2 is 1.00 bits per heavy atom. The second-order valence-corrected chi connectivity index (χ2v) is 7.72. The zero-order valence-corrected chi connectivity index (χ0v) is 9.93. The Morgan fingerprint density at radius 3 is 1.07 bits per heavy atom. The van der Waals surface area contributed by atoms with Crippen LogP contribution >= 0.6 is 22.8 Å². The van der Waals surface area contributed by atoms with E-state index in [1.165, 1.54) is 0 Å². The molecule has 0 unspecified atom stereocenters. The van der Waals surface area contributed by atoms with Crippen molar-refractivity contribution in [3.8, 4) is 0 Å². The molecule has 0 aromatic heterocycles. The van der Waals surface area contributed by atoms with Gasteiger partial charge in [-0.3, -0.25) is 13.7 Å². The lowest BCUT2D eigenvalue weighted by atomic mass is 10.7. The quantitative estimate of drug-likeness (QED) is 0.380. The van der Waals surface area contributed by atoms with Crippen molar-refractivity contribution in [2.24, 2.45) is 0 Å². The van der Waals surface area contributed by atoms with Crippen molar-refractivity contribution < 1.29 is 43.1 Å². The highest BCUT2D eigenvalue weighted by Crippen LogP contribution is 2.69. The highest BCUT2D eigenvalue weighted by Gasteiger charge is 2.42. The van der Waals surface area contributed by atoms with Gasteiger partial charge in [0, 0.05) is 0 Å². The molecule has 0 atom stereocenters. The van der Waals surface area contributed by atoms with Crippen LogP contribution in [0.25, 0.3) is 0 Å². The molecule has 0 amide bonds. The predicted molar refractivity (Wildman–Crippen MR) is 48.8 cm³/mol. The smallest absolute Gasteiger partial charge is 0.321 e. The molecule has 0 aliphatic rings. The first-order valence-corrected chi connectivity index (χ1v) is 8.01. The minimum Gasteiger partial charge on any atom is -0.321 e. The van der Waals surface area contributed by atoms with E-state index in [1.54, 1.807) is 0 Å². The van der Waals surface area contributed by atoms with Gasteiger partial charge in [0.15, 0.2) is 5.06 Å². The third-order valence-corrected chi connectivity index (χ3v) is 6.10. The van der Waals surface area contributed by atoms with Gasteiger partial charge >= 0.3 is 22.8 Å². The van der Waals surface area contributed by atoms with Gasteiger partial charge in [0.1, 0.15) is 0 Å². The van der Waals surface area contributed by atoms with Crippen molar-refractivity contribution in [1.29, 1.82) is 0 Å². The van der Waals surface area contributed by atoms with E-state index in [1.807, 2.05) is 0 Å². The average Bonchev–Trinajstić information content (AvgIpc) is 1.76. The summed E-state index contributed by atoms with van der Waals surface area (Å²) in [7, 11) is -16.0. The van der Waals surface area contributed by atoms with Crippen LogP contribution < -0.4 is 0 Å². The molecule has 0 radical (unpaired) electrons. The Kier molecular flexibility index (Phi) is 4.27. The molecule has 0 aromatic rings. The van der Waals surface area contributed by atoms with Crippen LogP contribution in [0.4, 0.5) is 0 Å². The zero-order chi connectivity index (χ0) is 12.7. The summed E-state index contributed by atoms with van der Waals surface area (Å²) in [6.45, 7) is 0.550. The predicted octanol–water partition coefficient (Wildman–Crippen LogP) is -0.292. The minimum atomic E-state index is -5.43. The van der Waals surface area contributed by atoms with Gasteiger partial charge < -0.3 is 29.4 Å². The van der Waals surface area contributed by atoms with Gasteiger partial charge in [-0.2, -0.15) is 0 Å². The van der Waals surface area contributed by atoms with Gasteiger partial charge in [0.2, 0.25) is 0 Å². The van der Waals surface area contributed by atoms with E-state index in [2.05, 4.69) is 0 Å². The molecular weight excluding hydrogens is 273 g/mol. The maximum Gasteiger partial charge on any atom is 0.365 e. The van der Waals surface area contributed by atoms with Crippen molar-refractivity contribution in [2.75, 3.05) is 0 Å². The van der Waals surface area contributed by atoms with Crippen LogP contribution in [0, 0.1) is 0 Å². The third kappa shape index (κ3) is 4.28. The first kappa shape index (κ1) is 15.2. The molecule has 6 N–H and O–H groups in total. The summed E-state index contributed by atoms with van der Waals surface area (Å²) in [6, 6.07) is 0. The molecule has 12 heteroatoms. The summed E-state index contributed by atoms with van der Waals surface area (Å²) in [5.41, 5.74) is 0. The second-order valence-electron chi connectivity index (χ2n) is 2.54. The van der Waals surface area contributed by atoms with Gasteiger partial charge in [0.25, 0.3) is 0 Å². The molecule has 0 fully saturated rings. The normalized spacial score (nSPS) is 13.8. The van der Waals surface area contributed by atoms with Crippen molar-refractivity contribution in [2.45, 2.75) is 6.92 Å². The molecule has 0 aliphatic heterocycles. The Morgan fingerprint density at radius 1 is 0.733 bits per heavy atom. The molecule has 0 saturated carbocycles. The number of hydrogen-bond acceptors (Lipinski definition) is 3. The largest absolute Gasteiger partial charge is 0.365 e. The number of rotatable bonds is 3. The summed E-state index contributed by atoms with van der Waals surface area (Å²) >= 11 is 0. The van der Waals surface area contributed by atoms with Crippen molar-refractivity contribution >= 4 is 22.8 Å². The second kappa shape index (κ2) is 4.22. The minimum absolute atomic E-state index is 0.550. The molecule has 90 valence electrons. The summed E-state index contributed by atoms with van der Waals surface area (Å²) in [4.78, 5) is 51.4. The lowest BCUT2D eigenvalue weighted by molar-refractivity contribution is 0.361. The highest BCUT2D eigenvalue weighted by atomic mass is 31.2. The van der Waals surface area contributed by atoms with E-state index in [0.717, 1.165) is 0 Å². The van der Waals surface area contributed by atoms with Crippen molar-refractivity contribution in [1.82, 2.24) is 0 Å². The van der Waals surface area contributed by atoms with E-state index in [0.29, 0.717) is 6.92 Å². The summed E-state index contributed by atoms with van der Waals surface area (Å²) < 4.78 is 32.0. The standard InChI is InChI=1S/C3H9O9P3/c1-2(13(4,5)6)3(14(7,8)9)15(10,11)12/h1H3,(H2,4,5,6)(H2,7,8,9)(H2,10,11,12). The lowest BCUT2D eigenvalue weighted by Crippen LogP contribution is -1.94. The monoisotopic (exact) mass is 282 g/mol. The molecule has 0 saturated heterocycles. The summed E-state index contributed by atoms with van der Waals surface area (Å²) in [6.07, 6.45) is 0. The maximum absolute atomic E-state index is 10.7. The molecule has 0 bridgehead atoms. The van der Waals surface area contributed by atoms with Crippen LogP contribution in [0.3, 0.4) is 0 Å². The maximum atomic E-state index is 10.7. The van der Waals surface area contributed by atoms with Crippen LogP contribution in [-0.2, 0) is 13.7 Å². The van der Waals surface area contributed by atoms with Gasteiger partial charge in [-0.1, -0.05) is 0 Å². The van der Waals surface area contributed by atoms with Crippen molar-refractivity contribution in [3.63, 3.8) is 0 Å². The fourth-order valence-corrected chi connectivity index (χ4v) is 4.75. The van der Waals surface area contributed by atoms with E-state index in [-0.39, 0.29) is 0 Å². The number of allylic oxidation sites excluding steroid dienone is 1. The molecule has 0 spiro atoms. The first-order valence-electron chi connectivity index (χ1n) is 3.17. The average molecular weight is 282 g/mol. The Balaban J connectivity index is 6.08. The lowest BCUT2D eigenvalue weighted by Gasteiger charge is -2.15. The Labute approximate surface area is 83.9 Å². The first-order chi connectivity index (χ1) is 6.28. The molecule has 0 aliphatic carbocycles. The topological polar surface area (TPSA) is 173 Å². The number of hydrogen-bond donors (Lipinski definition) is 6.